The van der Waals surface area contributed by atoms with Crippen LogP contribution in [0.2, 0.25) is 0 Å². The number of rotatable bonds is 2. The number of nitrogens with zero attached hydrogens (tertiary/aromatic N) is 1. The lowest BCUT2D eigenvalue weighted by molar-refractivity contribution is -0.135. The monoisotopic (exact) mass is 436 g/mol. The fraction of sp³-hybridized carbons (Fsp3) is 0.0769. The Morgan fingerprint density at radius 3 is 2.73 bits per heavy atom. The molecule has 0 fully saturated rings. The first kappa shape index (κ1) is 19.2. The minimum Gasteiger partial charge on any atom is -0.452 e. The lowest BCUT2D eigenvalue weighted by Gasteiger charge is -2.26. The summed E-state index contributed by atoms with van der Waals surface area (Å²) < 4.78 is 11.5. The molecule has 2 aromatic carbocycles. The van der Waals surface area contributed by atoms with E-state index in [1.807, 2.05) is 30.3 Å². The van der Waals surface area contributed by atoms with Crippen molar-refractivity contribution in [3.05, 3.63) is 105 Å². The lowest BCUT2D eigenvalue weighted by atomic mass is 9.85. The van der Waals surface area contributed by atoms with Gasteiger partial charge < -0.3 is 14.5 Å². The molecule has 160 valence electrons. The zero-order valence-electron chi connectivity index (χ0n) is 17.2. The number of benzene rings is 2. The SMILES string of the molecule is O=C1C[C@@H](c2cc3ccccc3[nH]c2=O)c2c(ccc3c2O/C(=C/c2cccnc2)C3=O)O1. The molecule has 7 nitrogen and oxygen atoms in total. The number of pyridine rings is 2. The van der Waals surface area contributed by atoms with E-state index in [0.29, 0.717) is 28.0 Å². The summed E-state index contributed by atoms with van der Waals surface area (Å²) in [6.45, 7) is 0. The maximum Gasteiger partial charge on any atom is 0.312 e. The van der Waals surface area contributed by atoms with Gasteiger partial charge in [-0.2, -0.15) is 0 Å². The Hall–Kier alpha value is -4.52. The normalized spacial score (nSPS) is 18.1. The smallest absolute Gasteiger partial charge is 0.312 e. The van der Waals surface area contributed by atoms with Gasteiger partial charge in [-0.15, -0.1) is 0 Å². The minimum atomic E-state index is -0.616. The second kappa shape index (κ2) is 7.27. The lowest BCUT2D eigenvalue weighted by Crippen LogP contribution is -2.26. The Morgan fingerprint density at radius 1 is 1.00 bits per heavy atom. The highest BCUT2D eigenvalue weighted by atomic mass is 16.5. The van der Waals surface area contributed by atoms with Crippen LogP contribution in [-0.4, -0.2) is 21.7 Å². The van der Waals surface area contributed by atoms with E-state index in [2.05, 4.69) is 9.97 Å². The highest BCUT2D eigenvalue weighted by Crippen LogP contribution is 2.48. The quantitative estimate of drug-likeness (QED) is 0.290. The zero-order valence-corrected chi connectivity index (χ0v) is 17.2. The minimum absolute atomic E-state index is 0.0376. The number of H-pyrrole nitrogens is 1. The predicted octanol–water partition coefficient (Wildman–Crippen LogP) is 3.98. The fourth-order valence-electron chi connectivity index (χ4n) is 4.41. The third-order valence-corrected chi connectivity index (χ3v) is 5.92. The van der Waals surface area contributed by atoms with Crippen LogP contribution < -0.4 is 15.0 Å². The molecular formula is C26H16N2O5. The average molecular weight is 436 g/mol. The van der Waals surface area contributed by atoms with Crippen LogP contribution in [0.4, 0.5) is 0 Å². The molecule has 0 radical (unpaired) electrons. The van der Waals surface area contributed by atoms with Crippen LogP contribution in [0.15, 0.2) is 77.5 Å². The molecule has 2 aliphatic heterocycles. The van der Waals surface area contributed by atoms with Crippen molar-refractivity contribution in [2.75, 3.05) is 0 Å². The molecule has 0 aliphatic carbocycles. The van der Waals surface area contributed by atoms with Crippen molar-refractivity contribution in [1.29, 1.82) is 0 Å². The largest absolute Gasteiger partial charge is 0.452 e. The Morgan fingerprint density at radius 2 is 1.88 bits per heavy atom. The first-order chi connectivity index (χ1) is 16.1. The third kappa shape index (κ3) is 3.13. The number of carbonyl (C=O) groups is 2. The van der Waals surface area contributed by atoms with Crippen LogP contribution >= 0.6 is 0 Å². The van der Waals surface area contributed by atoms with E-state index in [4.69, 9.17) is 9.47 Å². The summed E-state index contributed by atoms with van der Waals surface area (Å²) in [5.74, 6) is -0.588. The summed E-state index contributed by atoms with van der Waals surface area (Å²) in [6, 6.07) is 16.0. The molecule has 2 aromatic heterocycles. The number of ketones is 1. The number of nitrogens with one attached hydrogen (secondary N) is 1. The third-order valence-electron chi connectivity index (χ3n) is 5.92. The summed E-state index contributed by atoms with van der Waals surface area (Å²) in [4.78, 5) is 45.4. The number of fused-ring (bicyclic) bond motifs is 4. The van der Waals surface area contributed by atoms with Crippen LogP contribution in [0.1, 0.15) is 39.4 Å². The van der Waals surface area contributed by atoms with Gasteiger partial charge in [-0.3, -0.25) is 19.4 Å². The fourth-order valence-corrected chi connectivity index (χ4v) is 4.41. The van der Waals surface area contributed by atoms with E-state index in [9.17, 15) is 14.4 Å². The van der Waals surface area contributed by atoms with Crippen LogP contribution in [0.25, 0.3) is 17.0 Å². The molecule has 0 saturated carbocycles. The zero-order chi connectivity index (χ0) is 22.5. The Balaban J connectivity index is 1.52. The predicted molar refractivity (Wildman–Crippen MR) is 120 cm³/mol. The van der Waals surface area contributed by atoms with Gasteiger partial charge in [0.1, 0.15) is 11.5 Å². The van der Waals surface area contributed by atoms with Gasteiger partial charge in [0.25, 0.3) is 5.56 Å². The van der Waals surface area contributed by atoms with Crippen molar-refractivity contribution in [3.8, 4) is 11.5 Å². The topological polar surface area (TPSA) is 98.4 Å². The molecule has 7 heteroatoms. The van der Waals surface area contributed by atoms with Crippen molar-refractivity contribution in [2.45, 2.75) is 12.3 Å². The molecule has 0 saturated heterocycles. The van der Waals surface area contributed by atoms with E-state index in [1.165, 1.54) is 0 Å². The molecule has 0 amide bonds. The van der Waals surface area contributed by atoms with E-state index in [-0.39, 0.29) is 29.3 Å². The van der Waals surface area contributed by atoms with Crippen molar-refractivity contribution in [1.82, 2.24) is 9.97 Å². The van der Waals surface area contributed by atoms with Gasteiger partial charge in [-0.25, -0.2) is 0 Å². The number of esters is 1. The van der Waals surface area contributed by atoms with Gasteiger partial charge in [0.15, 0.2) is 5.76 Å². The van der Waals surface area contributed by atoms with Crippen molar-refractivity contribution < 1.29 is 19.1 Å². The molecular weight excluding hydrogens is 420 g/mol. The van der Waals surface area contributed by atoms with Gasteiger partial charge in [0.05, 0.1) is 12.0 Å². The van der Waals surface area contributed by atoms with E-state index >= 15 is 0 Å². The number of hydrogen-bond acceptors (Lipinski definition) is 6. The Bertz CT molecular complexity index is 1550. The molecule has 2 aliphatic rings. The highest BCUT2D eigenvalue weighted by Gasteiger charge is 2.39. The Kier molecular flexibility index (Phi) is 4.23. The number of Topliss-reactive ketones (excluding diaryl/α,β-unsaturated/α-hetero) is 1. The van der Waals surface area contributed by atoms with E-state index < -0.39 is 11.9 Å². The average Bonchev–Trinajstić information content (AvgIpc) is 3.13. The second-order valence-corrected chi connectivity index (χ2v) is 7.95. The molecule has 4 aromatic rings. The molecule has 0 spiro atoms. The maximum atomic E-state index is 13.0. The van der Waals surface area contributed by atoms with Crippen molar-refractivity contribution in [2.24, 2.45) is 0 Å². The number of para-hydroxylation sites is 1. The number of aromatic amines is 1. The Labute approximate surface area is 187 Å². The number of aromatic nitrogens is 2. The summed E-state index contributed by atoms with van der Waals surface area (Å²) in [5, 5.41) is 0.842. The van der Waals surface area contributed by atoms with E-state index in [0.717, 1.165) is 10.9 Å². The molecule has 33 heavy (non-hydrogen) atoms. The molecule has 1 atom stereocenters. The molecule has 6 rings (SSSR count). The summed E-state index contributed by atoms with van der Waals surface area (Å²) in [6.07, 6.45) is 4.85. The molecule has 4 heterocycles. The van der Waals surface area contributed by atoms with Crippen molar-refractivity contribution >= 4 is 28.7 Å². The second-order valence-electron chi connectivity index (χ2n) is 7.95. The first-order valence-electron chi connectivity index (χ1n) is 10.4. The molecule has 0 unspecified atom stereocenters. The number of ether oxygens (including phenoxy) is 2. The van der Waals surface area contributed by atoms with Gasteiger partial charge in [-0.1, -0.05) is 24.3 Å². The van der Waals surface area contributed by atoms with E-state index in [1.54, 1.807) is 42.7 Å². The van der Waals surface area contributed by atoms with Crippen LogP contribution in [-0.2, 0) is 4.79 Å². The van der Waals surface area contributed by atoms with Gasteiger partial charge in [0.2, 0.25) is 5.78 Å². The van der Waals surface area contributed by atoms with Gasteiger partial charge >= 0.3 is 5.97 Å². The summed E-state index contributed by atoms with van der Waals surface area (Å²) >= 11 is 0. The molecule has 0 bridgehead atoms. The number of hydrogen-bond donors (Lipinski definition) is 1. The number of allylic oxidation sites excluding steroid dienone is 1. The van der Waals surface area contributed by atoms with Crippen LogP contribution in [0.3, 0.4) is 0 Å². The van der Waals surface area contributed by atoms with Crippen molar-refractivity contribution in [3.63, 3.8) is 0 Å². The van der Waals surface area contributed by atoms with Gasteiger partial charge in [-0.05, 0) is 47.4 Å². The standard InChI is InChI=1S/C26H16N2O5/c29-22-12-17(18-11-15-5-1-2-6-19(15)28-26(18)31)23-20(32-22)8-7-16-24(30)21(33-25(16)23)10-14-4-3-9-27-13-14/h1-11,13,17H,12H2,(H,28,31)/b21-10+/t17-/m0/s1. The highest BCUT2D eigenvalue weighted by molar-refractivity contribution is 6.15. The first-order valence-corrected chi connectivity index (χ1v) is 10.4. The van der Waals surface area contributed by atoms with Crippen LogP contribution in [0.5, 0.6) is 11.5 Å². The van der Waals surface area contributed by atoms with Crippen LogP contribution in [0, 0.1) is 0 Å². The number of carbonyl (C=O) groups excluding carboxylic acids is 2. The summed E-state index contributed by atoms with van der Waals surface area (Å²) in [7, 11) is 0. The van der Waals surface area contributed by atoms with Gasteiger partial charge in [0, 0.05) is 35.0 Å². The summed E-state index contributed by atoms with van der Waals surface area (Å²) in [5.41, 5.74) is 2.43. The molecule has 1 N–H and O–H groups in total. The maximum absolute atomic E-state index is 13.0.